The molecule has 0 aliphatic heterocycles. The standard InChI is InChI=1S/C11H14N2O4S/c1-3-13(6-9(14)12-2)10(15)7-4-5-8(18-7)11(16)17/h4-5H,3,6H2,1-2H3,(H,12,14)(H,16,17). The summed E-state index contributed by atoms with van der Waals surface area (Å²) < 4.78 is 0. The van der Waals surface area contributed by atoms with Crippen LogP contribution in [-0.4, -0.2) is 47.9 Å². The predicted molar refractivity (Wildman–Crippen MR) is 66.9 cm³/mol. The van der Waals surface area contributed by atoms with E-state index in [2.05, 4.69) is 5.32 Å². The van der Waals surface area contributed by atoms with Crippen LogP contribution in [0.3, 0.4) is 0 Å². The number of aromatic carboxylic acids is 1. The molecule has 0 fully saturated rings. The summed E-state index contributed by atoms with van der Waals surface area (Å²) in [4.78, 5) is 35.8. The number of rotatable bonds is 5. The molecule has 1 aromatic heterocycles. The van der Waals surface area contributed by atoms with Crippen molar-refractivity contribution in [3.8, 4) is 0 Å². The Morgan fingerprint density at radius 1 is 1.33 bits per heavy atom. The van der Waals surface area contributed by atoms with Crippen LogP contribution in [0.2, 0.25) is 0 Å². The number of nitrogens with zero attached hydrogens (tertiary/aromatic N) is 1. The highest BCUT2D eigenvalue weighted by Gasteiger charge is 2.19. The van der Waals surface area contributed by atoms with Gasteiger partial charge < -0.3 is 15.3 Å². The molecule has 1 heterocycles. The molecule has 0 saturated carbocycles. The maximum absolute atomic E-state index is 12.0. The summed E-state index contributed by atoms with van der Waals surface area (Å²) in [6.07, 6.45) is 0. The fourth-order valence-electron chi connectivity index (χ4n) is 1.30. The number of carbonyl (C=O) groups is 3. The summed E-state index contributed by atoms with van der Waals surface area (Å²) in [5, 5.41) is 11.2. The van der Waals surface area contributed by atoms with Crippen molar-refractivity contribution in [3.05, 3.63) is 21.9 Å². The molecule has 98 valence electrons. The molecule has 1 rings (SSSR count). The van der Waals surface area contributed by atoms with Gasteiger partial charge in [0.05, 0.1) is 11.4 Å². The summed E-state index contributed by atoms with van der Waals surface area (Å²) >= 11 is 0.905. The second-order valence-corrected chi connectivity index (χ2v) is 4.55. The molecule has 0 bridgehead atoms. The molecule has 0 atom stereocenters. The highest BCUT2D eigenvalue weighted by atomic mass is 32.1. The first-order chi connectivity index (χ1) is 8.49. The van der Waals surface area contributed by atoms with Gasteiger partial charge in [-0.3, -0.25) is 9.59 Å². The van der Waals surface area contributed by atoms with E-state index in [-0.39, 0.29) is 23.2 Å². The molecule has 0 saturated heterocycles. The Bertz CT molecular complexity index is 469. The summed E-state index contributed by atoms with van der Waals surface area (Å²) in [5.41, 5.74) is 0. The molecule has 0 aliphatic carbocycles. The smallest absolute Gasteiger partial charge is 0.345 e. The van der Waals surface area contributed by atoms with E-state index in [0.717, 1.165) is 11.3 Å². The highest BCUT2D eigenvalue weighted by molar-refractivity contribution is 7.15. The number of hydrogen-bond donors (Lipinski definition) is 2. The topological polar surface area (TPSA) is 86.7 Å². The molecule has 6 nitrogen and oxygen atoms in total. The summed E-state index contributed by atoms with van der Waals surface area (Å²) in [7, 11) is 1.49. The quantitative estimate of drug-likeness (QED) is 0.822. The van der Waals surface area contributed by atoms with Crippen molar-refractivity contribution in [1.29, 1.82) is 0 Å². The van der Waals surface area contributed by atoms with E-state index in [0.29, 0.717) is 11.4 Å². The normalized spacial score (nSPS) is 9.89. The van der Waals surface area contributed by atoms with E-state index in [1.807, 2.05) is 0 Å². The van der Waals surface area contributed by atoms with Crippen molar-refractivity contribution in [2.45, 2.75) is 6.92 Å². The van der Waals surface area contributed by atoms with Crippen LogP contribution in [0.5, 0.6) is 0 Å². The van der Waals surface area contributed by atoms with Gasteiger partial charge in [0.2, 0.25) is 5.91 Å². The Labute approximate surface area is 108 Å². The molecule has 0 radical (unpaired) electrons. The molecule has 0 aromatic carbocycles. The molecule has 1 aromatic rings. The first-order valence-corrected chi connectivity index (χ1v) is 6.14. The number of amides is 2. The minimum Gasteiger partial charge on any atom is -0.477 e. The lowest BCUT2D eigenvalue weighted by molar-refractivity contribution is -0.121. The van der Waals surface area contributed by atoms with Gasteiger partial charge in [0.15, 0.2) is 0 Å². The molecular formula is C11H14N2O4S. The van der Waals surface area contributed by atoms with Crippen molar-refractivity contribution in [2.75, 3.05) is 20.1 Å². The van der Waals surface area contributed by atoms with Gasteiger partial charge in [0, 0.05) is 13.6 Å². The number of carboxylic acid groups (broad SMARTS) is 1. The van der Waals surface area contributed by atoms with Gasteiger partial charge in [-0.2, -0.15) is 0 Å². The van der Waals surface area contributed by atoms with Crippen LogP contribution in [-0.2, 0) is 4.79 Å². The zero-order chi connectivity index (χ0) is 13.7. The highest BCUT2D eigenvalue weighted by Crippen LogP contribution is 2.18. The van der Waals surface area contributed by atoms with Crippen LogP contribution in [0.15, 0.2) is 12.1 Å². The SMILES string of the molecule is CCN(CC(=O)NC)C(=O)c1ccc(C(=O)O)s1. The molecule has 2 N–H and O–H groups in total. The first-order valence-electron chi connectivity index (χ1n) is 5.32. The molecular weight excluding hydrogens is 256 g/mol. The van der Waals surface area contributed by atoms with Gasteiger partial charge in [-0.25, -0.2) is 4.79 Å². The maximum Gasteiger partial charge on any atom is 0.345 e. The van der Waals surface area contributed by atoms with E-state index >= 15 is 0 Å². The predicted octanol–water partition coefficient (Wildman–Crippen LogP) is 0.654. The third kappa shape index (κ3) is 3.30. The minimum absolute atomic E-state index is 0.0356. The summed E-state index contributed by atoms with van der Waals surface area (Å²) in [5.74, 6) is -1.66. The van der Waals surface area contributed by atoms with Crippen molar-refractivity contribution >= 4 is 29.1 Å². The van der Waals surface area contributed by atoms with Gasteiger partial charge in [0.1, 0.15) is 4.88 Å². The number of nitrogens with one attached hydrogen (secondary N) is 1. The number of carboxylic acids is 1. The van der Waals surface area contributed by atoms with Crippen LogP contribution in [0, 0.1) is 0 Å². The lowest BCUT2D eigenvalue weighted by Gasteiger charge is -2.18. The Kier molecular flexibility index (Phi) is 4.85. The Morgan fingerprint density at radius 2 is 1.94 bits per heavy atom. The fourth-order valence-corrected chi connectivity index (χ4v) is 2.12. The summed E-state index contributed by atoms with van der Waals surface area (Å²) in [6.45, 7) is 2.10. The molecule has 0 unspecified atom stereocenters. The summed E-state index contributed by atoms with van der Waals surface area (Å²) in [6, 6.07) is 2.84. The Hall–Kier alpha value is -1.89. The first kappa shape index (κ1) is 14.2. The number of carbonyl (C=O) groups excluding carboxylic acids is 2. The monoisotopic (exact) mass is 270 g/mol. The Balaban J connectivity index is 2.82. The van der Waals surface area contributed by atoms with Gasteiger partial charge in [0.25, 0.3) is 5.91 Å². The maximum atomic E-state index is 12.0. The van der Waals surface area contributed by atoms with E-state index < -0.39 is 5.97 Å². The third-order valence-corrected chi connectivity index (χ3v) is 3.37. The number of hydrogen-bond acceptors (Lipinski definition) is 4. The van der Waals surface area contributed by atoms with Gasteiger partial charge >= 0.3 is 5.97 Å². The largest absolute Gasteiger partial charge is 0.477 e. The minimum atomic E-state index is -1.06. The molecule has 0 spiro atoms. The lowest BCUT2D eigenvalue weighted by atomic mass is 10.3. The lowest BCUT2D eigenvalue weighted by Crippen LogP contribution is -2.39. The van der Waals surface area contributed by atoms with Crippen LogP contribution < -0.4 is 5.32 Å². The van der Waals surface area contributed by atoms with E-state index in [9.17, 15) is 14.4 Å². The van der Waals surface area contributed by atoms with Crippen LogP contribution in [0.4, 0.5) is 0 Å². The molecule has 18 heavy (non-hydrogen) atoms. The fraction of sp³-hybridized carbons (Fsp3) is 0.364. The van der Waals surface area contributed by atoms with Gasteiger partial charge in [-0.1, -0.05) is 0 Å². The van der Waals surface area contributed by atoms with Gasteiger partial charge in [-0.15, -0.1) is 11.3 Å². The number of likely N-dealkylation sites (N-methyl/N-ethyl adjacent to an activating group) is 2. The number of thiophene rings is 1. The van der Waals surface area contributed by atoms with Crippen LogP contribution >= 0.6 is 11.3 Å². The van der Waals surface area contributed by atoms with Crippen LogP contribution in [0.25, 0.3) is 0 Å². The average Bonchev–Trinajstić information content (AvgIpc) is 2.84. The van der Waals surface area contributed by atoms with E-state index in [4.69, 9.17) is 5.11 Å². The Morgan fingerprint density at radius 3 is 2.39 bits per heavy atom. The van der Waals surface area contributed by atoms with E-state index in [1.54, 1.807) is 6.92 Å². The van der Waals surface area contributed by atoms with Crippen LogP contribution in [0.1, 0.15) is 26.3 Å². The zero-order valence-corrected chi connectivity index (χ0v) is 10.9. The molecule has 2 amide bonds. The molecule has 7 heteroatoms. The second kappa shape index (κ2) is 6.15. The second-order valence-electron chi connectivity index (χ2n) is 3.46. The third-order valence-electron chi connectivity index (χ3n) is 2.31. The van der Waals surface area contributed by atoms with Crippen molar-refractivity contribution in [2.24, 2.45) is 0 Å². The van der Waals surface area contributed by atoms with Gasteiger partial charge in [-0.05, 0) is 19.1 Å². The van der Waals surface area contributed by atoms with Crippen molar-refractivity contribution < 1.29 is 19.5 Å². The van der Waals surface area contributed by atoms with Crippen molar-refractivity contribution in [3.63, 3.8) is 0 Å². The molecule has 0 aliphatic rings. The van der Waals surface area contributed by atoms with Crippen molar-refractivity contribution in [1.82, 2.24) is 10.2 Å². The average molecular weight is 270 g/mol. The van der Waals surface area contributed by atoms with E-state index in [1.165, 1.54) is 24.1 Å². The zero-order valence-electron chi connectivity index (χ0n) is 10.1.